The van der Waals surface area contributed by atoms with Crippen LogP contribution in [0.25, 0.3) is 0 Å². The van der Waals surface area contributed by atoms with Crippen molar-refractivity contribution in [3.8, 4) is 0 Å². The number of hydrogen-bond donors (Lipinski definition) is 1. The molecule has 2 rings (SSSR count). The van der Waals surface area contributed by atoms with Crippen LogP contribution in [0.3, 0.4) is 0 Å². The molecule has 3 heteroatoms. The van der Waals surface area contributed by atoms with Crippen molar-refractivity contribution in [1.29, 1.82) is 0 Å². The second kappa shape index (κ2) is 5.19. The lowest BCUT2D eigenvalue weighted by Gasteiger charge is -2.35. The van der Waals surface area contributed by atoms with E-state index in [2.05, 4.69) is 27.4 Å². The lowest BCUT2D eigenvalue weighted by molar-refractivity contribution is -0.0154. The summed E-state index contributed by atoms with van der Waals surface area (Å²) in [6, 6.07) is 2.07. The van der Waals surface area contributed by atoms with Crippen molar-refractivity contribution >= 4 is 27.3 Å². The first kappa shape index (κ1) is 12.6. The number of thiophene rings is 1. The topological polar surface area (TPSA) is 20.2 Å². The highest BCUT2D eigenvalue weighted by Crippen LogP contribution is 2.37. The summed E-state index contributed by atoms with van der Waals surface area (Å²) in [5, 5.41) is 12.7. The fraction of sp³-hybridized carbons (Fsp3) is 0.692. The van der Waals surface area contributed by atoms with Crippen LogP contribution in [0.1, 0.15) is 43.9 Å². The highest BCUT2D eigenvalue weighted by Gasteiger charge is 2.33. The average molecular weight is 303 g/mol. The summed E-state index contributed by atoms with van der Waals surface area (Å²) in [6.45, 7) is 2.01. The summed E-state index contributed by atoms with van der Waals surface area (Å²) in [7, 11) is 0. The van der Waals surface area contributed by atoms with E-state index >= 15 is 0 Å². The maximum atomic E-state index is 10.6. The first-order chi connectivity index (χ1) is 7.59. The van der Waals surface area contributed by atoms with E-state index in [-0.39, 0.29) is 0 Å². The highest BCUT2D eigenvalue weighted by molar-refractivity contribution is 9.10. The largest absolute Gasteiger partial charge is 0.390 e. The van der Waals surface area contributed by atoms with Gasteiger partial charge >= 0.3 is 0 Å². The van der Waals surface area contributed by atoms with Crippen LogP contribution < -0.4 is 0 Å². The van der Waals surface area contributed by atoms with E-state index in [1.807, 2.05) is 6.92 Å². The predicted molar refractivity (Wildman–Crippen MR) is 72.9 cm³/mol. The predicted octanol–water partition coefficient (Wildman–Crippen LogP) is 4.38. The van der Waals surface area contributed by atoms with E-state index in [9.17, 15) is 5.11 Å². The summed E-state index contributed by atoms with van der Waals surface area (Å²) in [4.78, 5) is 1.27. The molecule has 1 N–H and O–H groups in total. The monoisotopic (exact) mass is 302 g/mol. The van der Waals surface area contributed by atoms with Crippen LogP contribution in [0.2, 0.25) is 0 Å². The van der Waals surface area contributed by atoms with Gasteiger partial charge in [0.1, 0.15) is 0 Å². The third kappa shape index (κ3) is 2.88. The molecule has 1 fully saturated rings. The molecule has 1 atom stereocenters. The van der Waals surface area contributed by atoms with Gasteiger partial charge in [-0.15, -0.1) is 11.3 Å². The highest BCUT2D eigenvalue weighted by atomic mass is 79.9. The van der Waals surface area contributed by atoms with Crippen molar-refractivity contribution in [2.24, 2.45) is 5.92 Å². The first-order valence-electron chi connectivity index (χ1n) is 6.04. The molecule has 90 valence electrons. The minimum Gasteiger partial charge on any atom is -0.390 e. The van der Waals surface area contributed by atoms with Gasteiger partial charge in [-0.2, -0.15) is 0 Å². The molecule has 0 aliphatic heterocycles. The van der Waals surface area contributed by atoms with Crippen LogP contribution in [-0.4, -0.2) is 10.7 Å². The second-order valence-electron chi connectivity index (χ2n) is 5.06. The van der Waals surface area contributed by atoms with Crippen molar-refractivity contribution in [3.63, 3.8) is 0 Å². The zero-order chi connectivity index (χ0) is 11.6. The Morgan fingerprint density at radius 1 is 1.44 bits per heavy atom. The molecular weight excluding hydrogens is 284 g/mol. The molecule has 0 radical (unpaired) electrons. The molecule has 1 unspecified atom stereocenters. The number of aliphatic hydroxyl groups is 1. The standard InChI is InChI=1S/C13H19BrOS/c1-13(15,10-5-3-2-4-6-10)9-12-11(14)7-8-16-12/h7-8,10,15H,2-6,9H2,1H3. The number of rotatable bonds is 3. The van der Waals surface area contributed by atoms with Crippen LogP contribution in [0.4, 0.5) is 0 Å². The van der Waals surface area contributed by atoms with Gasteiger partial charge in [0.05, 0.1) is 5.60 Å². The SMILES string of the molecule is CC(O)(Cc1sccc1Br)C1CCCCC1. The molecule has 1 nitrogen and oxygen atoms in total. The van der Waals surface area contributed by atoms with Gasteiger partial charge in [0.15, 0.2) is 0 Å². The molecule has 1 heterocycles. The Kier molecular flexibility index (Phi) is 4.09. The summed E-state index contributed by atoms with van der Waals surface area (Å²) in [6.07, 6.45) is 7.08. The van der Waals surface area contributed by atoms with E-state index in [4.69, 9.17) is 0 Å². The maximum Gasteiger partial charge on any atom is 0.0696 e. The molecule has 0 amide bonds. The molecule has 0 bridgehead atoms. The summed E-state index contributed by atoms with van der Waals surface area (Å²) >= 11 is 5.28. The zero-order valence-corrected chi connectivity index (χ0v) is 12.1. The molecular formula is C13H19BrOS. The third-order valence-electron chi connectivity index (χ3n) is 3.69. The van der Waals surface area contributed by atoms with Crippen LogP contribution in [0.5, 0.6) is 0 Å². The van der Waals surface area contributed by atoms with Gasteiger partial charge in [-0.3, -0.25) is 0 Å². The molecule has 16 heavy (non-hydrogen) atoms. The van der Waals surface area contributed by atoms with Gasteiger partial charge in [-0.25, -0.2) is 0 Å². The average Bonchev–Trinajstić information content (AvgIpc) is 2.65. The minimum atomic E-state index is -0.534. The minimum absolute atomic E-state index is 0.482. The Bertz CT molecular complexity index is 339. The van der Waals surface area contributed by atoms with E-state index in [0.717, 1.165) is 10.9 Å². The van der Waals surface area contributed by atoms with Crippen molar-refractivity contribution in [1.82, 2.24) is 0 Å². The van der Waals surface area contributed by atoms with Crippen molar-refractivity contribution in [2.45, 2.75) is 51.0 Å². The van der Waals surface area contributed by atoms with Crippen LogP contribution >= 0.6 is 27.3 Å². The summed E-state index contributed by atoms with van der Waals surface area (Å²) < 4.78 is 1.15. The Morgan fingerprint density at radius 3 is 2.69 bits per heavy atom. The molecule has 1 aromatic rings. The molecule has 1 saturated carbocycles. The van der Waals surface area contributed by atoms with Gasteiger partial charge < -0.3 is 5.11 Å². The Balaban J connectivity index is 2.04. The Hall–Kier alpha value is 0.140. The lowest BCUT2D eigenvalue weighted by atomic mass is 9.76. The molecule has 1 aliphatic rings. The van der Waals surface area contributed by atoms with E-state index in [1.165, 1.54) is 37.0 Å². The van der Waals surface area contributed by atoms with Gasteiger partial charge in [0.2, 0.25) is 0 Å². The zero-order valence-electron chi connectivity index (χ0n) is 9.71. The van der Waals surface area contributed by atoms with E-state index in [1.54, 1.807) is 11.3 Å². The first-order valence-corrected chi connectivity index (χ1v) is 7.71. The normalized spacial score (nSPS) is 21.9. The molecule has 0 saturated heterocycles. The van der Waals surface area contributed by atoms with Crippen molar-refractivity contribution < 1.29 is 5.11 Å². The number of halogens is 1. The second-order valence-corrected chi connectivity index (χ2v) is 6.92. The Morgan fingerprint density at radius 2 is 2.12 bits per heavy atom. The molecule has 0 spiro atoms. The molecule has 0 aromatic carbocycles. The van der Waals surface area contributed by atoms with Crippen LogP contribution in [0, 0.1) is 5.92 Å². The molecule has 1 aliphatic carbocycles. The van der Waals surface area contributed by atoms with Crippen LogP contribution in [-0.2, 0) is 6.42 Å². The van der Waals surface area contributed by atoms with Crippen LogP contribution in [0.15, 0.2) is 15.9 Å². The van der Waals surface area contributed by atoms with E-state index < -0.39 is 5.60 Å². The summed E-state index contributed by atoms with van der Waals surface area (Å²) in [5.74, 6) is 0.482. The van der Waals surface area contributed by atoms with Gasteiger partial charge in [-0.05, 0) is 53.1 Å². The quantitative estimate of drug-likeness (QED) is 0.878. The van der Waals surface area contributed by atoms with E-state index in [0.29, 0.717) is 5.92 Å². The maximum absolute atomic E-state index is 10.6. The fourth-order valence-electron chi connectivity index (χ4n) is 2.65. The number of hydrogen-bond acceptors (Lipinski definition) is 2. The lowest BCUT2D eigenvalue weighted by Crippen LogP contribution is -2.37. The molecule has 1 aromatic heterocycles. The van der Waals surface area contributed by atoms with Gasteiger partial charge in [0, 0.05) is 15.8 Å². The van der Waals surface area contributed by atoms with Crippen molar-refractivity contribution in [2.75, 3.05) is 0 Å². The van der Waals surface area contributed by atoms with Gasteiger partial charge in [0.25, 0.3) is 0 Å². The smallest absolute Gasteiger partial charge is 0.0696 e. The van der Waals surface area contributed by atoms with Crippen molar-refractivity contribution in [3.05, 3.63) is 20.8 Å². The van der Waals surface area contributed by atoms with Gasteiger partial charge in [-0.1, -0.05) is 19.3 Å². The Labute approximate surface area is 110 Å². The summed E-state index contributed by atoms with van der Waals surface area (Å²) in [5.41, 5.74) is -0.534. The fourth-order valence-corrected chi connectivity index (χ4v) is 4.30. The third-order valence-corrected chi connectivity index (χ3v) is 5.62.